The van der Waals surface area contributed by atoms with Gasteiger partial charge < -0.3 is 15.0 Å². The van der Waals surface area contributed by atoms with Gasteiger partial charge >= 0.3 is 6.18 Å². The van der Waals surface area contributed by atoms with Gasteiger partial charge in [-0.3, -0.25) is 0 Å². The van der Waals surface area contributed by atoms with Gasteiger partial charge in [-0.2, -0.15) is 13.2 Å². The summed E-state index contributed by atoms with van der Waals surface area (Å²) in [6.07, 6.45) is -4.68. The predicted octanol–water partition coefficient (Wildman–Crippen LogP) is 7.78. The molecule has 0 amide bonds. The normalized spacial score (nSPS) is 16.4. The van der Waals surface area contributed by atoms with E-state index in [1.54, 1.807) is 4.90 Å². The number of nitrogens with zero attached hydrogens (tertiary/aromatic N) is 1. The molecule has 0 bridgehead atoms. The van der Waals surface area contributed by atoms with Crippen molar-refractivity contribution in [3.63, 3.8) is 0 Å². The van der Waals surface area contributed by atoms with Crippen LogP contribution in [-0.4, -0.2) is 19.2 Å². The SMILES string of the molecule is CC(NCCC1CN(c2ccc(F)c(C(F)(F)F)c2)c2cc(F)ccc2O1)c1cccc2ccccc12. The summed E-state index contributed by atoms with van der Waals surface area (Å²) < 4.78 is 74.1. The Balaban J connectivity index is 1.34. The molecule has 1 aliphatic rings. The van der Waals surface area contributed by atoms with E-state index in [-0.39, 0.29) is 24.4 Å². The lowest BCUT2D eigenvalue weighted by atomic mass is 9.99. The van der Waals surface area contributed by atoms with E-state index < -0.39 is 23.4 Å². The third-order valence-corrected chi connectivity index (χ3v) is 6.67. The van der Waals surface area contributed by atoms with Gasteiger partial charge in [0.1, 0.15) is 23.5 Å². The van der Waals surface area contributed by atoms with E-state index in [0.717, 1.165) is 28.5 Å². The number of halogens is 5. The molecule has 2 atom stereocenters. The van der Waals surface area contributed by atoms with Crippen LogP contribution in [0.4, 0.5) is 33.3 Å². The van der Waals surface area contributed by atoms with E-state index >= 15 is 0 Å². The molecule has 0 aromatic heterocycles. The largest absolute Gasteiger partial charge is 0.486 e. The van der Waals surface area contributed by atoms with Gasteiger partial charge in [0.2, 0.25) is 0 Å². The van der Waals surface area contributed by atoms with Crippen molar-refractivity contribution < 1.29 is 26.7 Å². The second kappa shape index (κ2) is 10.0. The summed E-state index contributed by atoms with van der Waals surface area (Å²) in [6.45, 7) is 2.84. The Hall–Kier alpha value is -3.65. The van der Waals surface area contributed by atoms with Crippen molar-refractivity contribution in [2.24, 2.45) is 0 Å². The fraction of sp³-hybridized carbons (Fsp3) is 0.241. The van der Waals surface area contributed by atoms with Crippen molar-refractivity contribution in [3.8, 4) is 5.75 Å². The molecule has 3 nitrogen and oxygen atoms in total. The quantitative estimate of drug-likeness (QED) is 0.267. The van der Waals surface area contributed by atoms with Gasteiger partial charge in [-0.1, -0.05) is 42.5 Å². The predicted molar refractivity (Wildman–Crippen MR) is 134 cm³/mol. The number of ether oxygens (including phenoxy) is 1. The summed E-state index contributed by atoms with van der Waals surface area (Å²) in [4.78, 5) is 1.55. The number of hydrogen-bond acceptors (Lipinski definition) is 3. The number of fused-ring (bicyclic) bond motifs is 2. The maximum Gasteiger partial charge on any atom is 0.419 e. The smallest absolute Gasteiger partial charge is 0.419 e. The number of benzene rings is 4. The van der Waals surface area contributed by atoms with E-state index in [9.17, 15) is 22.0 Å². The van der Waals surface area contributed by atoms with Gasteiger partial charge in [-0.05, 0) is 66.6 Å². The molecular weight excluding hydrogens is 487 g/mol. The van der Waals surface area contributed by atoms with Gasteiger partial charge in [-0.15, -0.1) is 0 Å². The first kappa shape index (κ1) is 25.0. The third-order valence-electron chi connectivity index (χ3n) is 6.67. The number of hydrogen-bond donors (Lipinski definition) is 1. The fourth-order valence-electron chi connectivity index (χ4n) is 4.81. The van der Waals surface area contributed by atoms with Crippen LogP contribution in [0.5, 0.6) is 5.75 Å². The maximum atomic E-state index is 14.0. The topological polar surface area (TPSA) is 24.5 Å². The highest BCUT2D eigenvalue weighted by atomic mass is 19.4. The van der Waals surface area contributed by atoms with Crippen LogP contribution >= 0.6 is 0 Å². The minimum Gasteiger partial charge on any atom is -0.486 e. The van der Waals surface area contributed by atoms with Crippen molar-refractivity contribution >= 4 is 22.1 Å². The number of anilines is 2. The zero-order valence-corrected chi connectivity index (χ0v) is 20.0. The molecule has 0 spiro atoms. The van der Waals surface area contributed by atoms with Crippen LogP contribution in [0, 0.1) is 11.6 Å². The highest BCUT2D eigenvalue weighted by Gasteiger charge is 2.36. The highest BCUT2D eigenvalue weighted by Crippen LogP contribution is 2.41. The Kier molecular flexibility index (Phi) is 6.77. The highest BCUT2D eigenvalue weighted by molar-refractivity contribution is 5.86. The van der Waals surface area contributed by atoms with Crippen molar-refractivity contribution in [2.75, 3.05) is 18.0 Å². The standard InChI is InChI=1S/C29H25F5N2O/c1-18(23-8-4-6-19-5-2-3-7-24(19)23)35-14-13-22-17-36(27-15-20(30)9-12-28(27)37-22)21-10-11-26(31)25(16-21)29(32,33)34/h2-12,15-16,18,22,35H,13-14,17H2,1H3. The molecule has 0 fully saturated rings. The number of alkyl halides is 3. The Morgan fingerprint density at radius 1 is 0.973 bits per heavy atom. The van der Waals surface area contributed by atoms with Gasteiger partial charge in [0.15, 0.2) is 0 Å². The summed E-state index contributed by atoms with van der Waals surface area (Å²) in [5.41, 5.74) is 0.215. The number of rotatable bonds is 6. The zero-order chi connectivity index (χ0) is 26.2. The fourth-order valence-corrected chi connectivity index (χ4v) is 4.81. The molecule has 37 heavy (non-hydrogen) atoms. The monoisotopic (exact) mass is 512 g/mol. The summed E-state index contributed by atoms with van der Waals surface area (Å²) in [5, 5.41) is 5.82. The first-order valence-corrected chi connectivity index (χ1v) is 12.0. The molecule has 192 valence electrons. The molecular formula is C29H25F5N2O. The molecule has 1 heterocycles. The average Bonchev–Trinajstić information content (AvgIpc) is 2.87. The van der Waals surface area contributed by atoms with Crippen molar-refractivity contribution in [1.82, 2.24) is 5.32 Å². The van der Waals surface area contributed by atoms with Crippen molar-refractivity contribution in [3.05, 3.63) is 102 Å². The summed E-state index contributed by atoms with van der Waals surface area (Å²) in [5.74, 6) is -1.54. The first-order valence-electron chi connectivity index (χ1n) is 12.0. The molecule has 4 aromatic rings. The third kappa shape index (κ3) is 5.25. The van der Waals surface area contributed by atoms with Gasteiger partial charge in [-0.25, -0.2) is 8.78 Å². The van der Waals surface area contributed by atoms with E-state index in [2.05, 4.69) is 36.5 Å². The van der Waals surface area contributed by atoms with Gasteiger partial charge in [0, 0.05) is 17.8 Å². The first-order chi connectivity index (χ1) is 17.7. The minimum absolute atomic E-state index is 0.0543. The van der Waals surface area contributed by atoms with E-state index in [0.29, 0.717) is 24.4 Å². The van der Waals surface area contributed by atoms with Gasteiger partial charge in [0.05, 0.1) is 17.8 Å². The Morgan fingerprint density at radius 3 is 2.57 bits per heavy atom. The molecule has 1 aliphatic heterocycles. The molecule has 0 saturated heterocycles. The molecule has 8 heteroatoms. The average molecular weight is 513 g/mol. The van der Waals surface area contributed by atoms with Crippen LogP contribution in [0.3, 0.4) is 0 Å². The van der Waals surface area contributed by atoms with Crippen LogP contribution in [-0.2, 0) is 6.18 Å². The van der Waals surface area contributed by atoms with Crippen molar-refractivity contribution in [2.45, 2.75) is 31.7 Å². The summed E-state index contributed by atoms with van der Waals surface area (Å²) in [7, 11) is 0. The van der Waals surface area contributed by atoms with Crippen LogP contribution in [0.1, 0.15) is 30.5 Å². The van der Waals surface area contributed by atoms with E-state index in [1.165, 1.54) is 24.3 Å². The molecule has 4 aromatic carbocycles. The zero-order valence-electron chi connectivity index (χ0n) is 20.0. The minimum atomic E-state index is -4.85. The van der Waals surface area contributed by atoms with E-state index in [4.69, 9.17) is 4.74 Å². The molecule has 0 aliphatic carbocycles. The van der Waals surface area contributed by atoms with Crippen LogP contribution in [0.2, 0.25) is 0 Å². The lowest BCUT2D eigenvalue weighted by Crippen LogP contribution is -2.39. The van der Waals surface area contributed by atoms with Crippen molar-refractivity contribution in [1.29, 1.82) is 0 Å². The van der Waals surface area contributed by atoms with E-state index in [1.807, 2.05) is 18.2 Å². The Morgan fingerprint density at radius 2 is 1.76 bits per heavy atom. The maximum absolute atomic E-state index is 14.0. The van der Waals surface area contributed by atoms with Crippen LogP contribution in [0.25, 0.3) is 10.8 Å². The molecule has 2 unspecified atom stereocenters. The molecule has 1 N–H and O–H groups in total. The number of nitrogens with one attached hydrogen (secondary N) is 1. The van der Waals surface area contributed by atoms with Gasteiger partial charge in [0.25, 0.3) is 0 Å². The summed E-state index contributed by atoms with van der Waals surface area (Å²) >= 11 is 0. The Bertz CT molecular complexity index is 1420. The second-order valence-corrected chi connectivity index (χ2v) is 9.16. The molecule has 0 saturated carbocycles. The second-order valence-electron chi connectivity index (χ2n) is 9.16. The lowest BCUT2D eigenvalue weighted by Gasteiger charge is -2.37. The van der Waals surface area contributed by atoms with Crippen LogP contribution < -0.4 is 15.0 Å². The Labute approximate surface area is 211 Å². The molecule has 0 radical (unpaired) electrons. The van der Waals surface area contributed by atoms with Crippen LogP contribution in [0.15, 0.2) is 78.9 Å². The summed E-state index contributed by atoms with van der Waals surface area (Å²) in [6, 6.07) is 21.1. The lowest BCUT2D eigenvalue weighted by molar-refractivity contribution is -0.139. The molecule has 5 rings (SSSR count).